The van der Waals surface area contributed by atoms with Crippen molar-refractivity contribution in [3.8, 4) is 5.75 Å². The number of hydrogen-bond donors (Lipinski definition) is 0. The van der Waals surface area contributed by atoms with E-state index in [9.17, 15) is 22.0 Å². The van der Waals surface area contributed by atoms with Crippen LogP contribution in [0.2, 0.25) is 0 Å². The fourth-order valence-corrected chi connectivity index (χ4v) is 4.44. The van der Waals surface area contributed by atoms with E-state index in [1.807, 2.05) is 26.0 Å². The number of rotatable bonds is 5. The van der Waals surface area contributed by atoms with Crippen LogP contribution in [-0.4, -0.2) is 56.3 Å². The number of carbonyl (C=O) groups excluding carboxylic acids is 1. The van der Waals surface area contributed by atoms with Crippen LogP contribution in [0.1, 0.15) is 11.1 Å². The molecule has 1 fully saturated rings. The van der Waals surface area contributed by atoms with Crippen LogP contribution in [0.4, 0.5) is 8.78 Å². The molecule has 3 rings (SSSR count). The second kappa shape index (κ2) is 8.46. The summed E-state index contributed by atoms with van der Waals surface area (Å²) in [6, 6.07) is 8.04. The first kappa shape index (κ1) is 21.2. The molecule has 2 aromatic carbocycles. The van der Waals surface area contributed by atoms with Crippen LogP contribution in [0.5, 0.6) is 5.75 Å². The molecular formula is C20H22F2N2O4S. The van der Waals surface area contributed by atoms with E-state index < -0.39 is 21.7 Å². The summed E-state index contributed by atoms with van der Waals surface area (Å²) in [4.78, 5) is 13.6. The van der Waals surface area contributed by atoms with Crippen LogP contribution in [0.15, 0.2) is 41.3 Å². The maximum atomic E-state index is 13.4. The highest BCUT2D eigenvalue weighted by molar-refractivity contribution is 7.89. The number of amides is 1. The molecule has 1 saturated heterocycles. The van der Waals surface area contributed by atoms with Gasteiger partial charge in [0.15, 0.2) is 18.2 Å². The number of benzene rings is 2. The fraction of sp³-hybridized carbons (Fsp3) is 0.350. The molecule has 156 valence electrons. The summed E-state index contributed by atoms with van der Waals surface area (Å²) in [5.74, 6) is -1.97. The smallest absolute Gasteiger partial charge is 0.260 e. The van der Waals surface area contributed by atoms with Crippen molar-refractivity contribution in [3.63, 3.8) is 0 Å². The zero-order valence-electron chi connectivity index (χ0n) is 16.2. The van der Waals surface area contributed by atoms with Crippen LogP contribution in [0.3, 0.4) is 0 Å². The van der Waals surface area contributed by atoms with Gasteiger partial charge < -0.3 is 9.64 Å². The molecule has 0 saturated carbocycles. The van der Waals surface area contributed by atoms with Crippen LogP contribution in [0, 0.1) is 25.5 Å². The molecule has 6 nitrogen and oxygen atoms in total. The lowest BCUT2D eigenvalue weighted by Gasteiger charge is -2.34. The summed E-state index contributed by atoms with van der Waals surface area (Å²) < 4.78 is 58.4. The highest BCUT2D eigenvalue weighted by Crippen LogP contribution is 2.20. The Kier molecular flexibility index (Phi) is 6.18. The molecule has 0 bridgehead atoms. The van der Waals surface area contributed by atoms with E-state index in [-0.39, 0.29) is 43.6 Å². The maximum Gasteiger partial charge on any atom is 0.260 e. The van der Waals surface area contributed by atoms with Crippen molar-refractivity contribution in [3.05, 3.63) is 59.2 Å². The minimum absolute atomic E-state index is 0.0662. The van der Waals surface area contributed by atoms with Crippen molar-refractivity contribution < 1.29 is 26.7 Å². The molecule has 9 heteroatoms. The lowest BCUT2D eigenvalue weighted by Crippen LogP contribution is -2.51. The molecule has 0 atom stereocenters. The number of piperazine rings is 1. The first-order chi connectivity index (χ1) is 13.7. The van der Waals surface area contributed by atoms with Gasteiger partial charge in [-0.1, -0.05) is 6.07 Å². The van der Waals surface area contributed by atoms with Gasteiger partial charge in [-0.05, 0) is 55.3 Å². The Hall–Kier alpha value is -2.52. The molecule has 1 aliphatic rings. The predicted molar refractivity (Wildman–Crippen MR) is 103 cm³/mol. The van der Waals surface area contributed by atoms with Crippen molar-refractivity contribution >= 4 is 15.9 Å². The van der Waals surface area contributed by atoms with Gasteiger partial charge in [0, 0.05) is 26.2 Å². The lowest BCUT2D eigenvalue weighted by atomic mass is 10.1. The minimum atomic E-state index is -3.96. The van der Waals surface area contributed by atoms with E-state index >= 15 is 0 Å². The minimum Gasteiger partial charge on any atom is -0.484 e. The van der Waals surface area contributed by atoms with Crippen molar-refractivity contribution in [2.24, 2.45) is 0 Å². The summed E-state index contributed by atoms with van der Waals surface area (Å²) in [6.07, 6.45) is 0. The van der Waals surface area contributed by atoms with Crippen molar-refractivity contribution in [1.29, 1.82) is 0 Å². The summed E-state index contributed by atoms with van der Waals surface area (Å²) in [5, 5.41) is 0. The average Bonchev–Trinajstić information content (AvgIpc) is 2.70. The number of nitrogens with zero attached hydrogens (tertiary/aromatic N) is 2. The van der Waals surface area contributed by atoms with Gasteiger partial charge in [-0.2, -0.15) is 4.31 Å². The van der Waals surface area contributed by atoms with Crippen LogP contribution >= 0.6 is 0 Å². The summed E-state index contributed by atoms with van der Waals surface area (Å²) >= 11 is 0. The third-order valence-electron chi connectivity index (χ3n) is 4.96. The second-order valence-corrected chi connectivity index (χ2v) is 8.83. The Balaban J connectivity index is 1.57. The Morgan fingerprint density at radius 3 is 2.28 bits per heavy atom. The van der Waals surface area contributed by atoms with E-state index in [1.165, 1.54) is 4.90 Å². The SMILES string of the molecule is Cc1ccc(OCC(=O)N2CCN(S(=O)(=O)c3ccc(F)c(F)c3)CC2)cc1C. The average molecular weight is 424 g/mol. The van der Waals surface area contributed by atoms with Gasteiger partial charge in [0.2, 0.25) is 10.0 Å². The maximum absolute atomic E-state index is 13.4. The number of aryl methyl sites for hydroxylation is 2. The number of sulfonamides is 1. The van der Waals surface area contributed by atoms with E-state index in [4.69, 9.17) is 4.74 Å². The molecule has 1 heterocycles. The quantitative estimate of drug-likeness (QED) is 0.740. The number of ether oxygens (including phenoxy) is 1. The van der Waals surface area contributed by atoms with E-state index in [0.29, 0.717) is 11.8 Å². The third kappa shape index (κ3) is 4.73. The highest BCUT2D eigenvalue weighted by Gasteiger charge is 2.30. The van der Waals surface area contributed by atoms with Crippen LogP contribution in [0.25, 0.3) is 0 Å². The molecule has 0 N–H and O–H groups in total. The molecule has 0 radical (unpaired) electrons. The summed E-state index contributed by atoms with van der Waals surface area (Å²) in [6.45, 7) is 4.32. The standard InChI is InChI=1S/C20H22F2N2O4S/c1-14-3-4-16(11-15(14)2)28-13-20(25)23-7-9-24(10-8-23)29(26,27)17-5-6-18(21)19(22)12-17/h3-6,11-12H,7-10,13H2,1-2H3. The monoisotopic (exact) mass is 424 g/mol. The largest absolute Gasteiger partial charge is 0.484 e. The Morgan fingerprint density at radius 1 is 0.966 bits per heavy atom. The molecule has 2 aromatic rings. The van der Waals surface area contributed by atoms with Gasteiger partial charge in [-0.25, -0.2) is 17.2 Å². The Morgan fingerprint density at radius 2 is 1.66 bits per heavy atom. The summed E-state index contributed by atoms with van der Waals surface area (Å²) in [5.41, 5.74) is 2.19. The Labute approximate surface area is 168 Å². The molecule has 29 heavy (non-hydrogen) atoms. The van der Waals surface area contributed by atoms with Gasteiger partial charge in [-0.3, -0.25) is 4.79 Å². The molecule has 1 amide bonds. The number of hydrogen-bond acceptors (Lipinski definition) is 4. The topological polar surface area (TPSA) is 66.9 Å². The molecule has 1 aliphatic heterocycles. The zero-order valence-corrected chi connectivity index (χ0v) is 17.0. The predicted octanol–water partition coefficient (Wildman–Crippen LogP) is 2.49. The van der Waals surface area contributed by atoms with Gasteiger partial charge in [-0.15, -0.1) is 0 Å². The van der Waals surface area contributed by atoms with Crippen LogP contribution in [-0.2, 0) is 14.8 Å². The van der Waals surface area contributed by atoms with Crippen molar-refractivity contribution in [1.82, 2.24) is 9.21 Å². The summed E-state index contributed by atoms with van der Waals surface area (Å²) in [7, 11) is -3.96. The Bertz CT molecular complexity index is 1020. The molecule has 0 aliphatic carbocycles. The first-order valence-electron chi connectivity index (χ1n) is 9.11. The number of halogens is 2. The highest BCUT2D eigenvalue weighted by atomic mass is 32.2. The van der Waals surface area contributed by atoms with Gasteiger partial charge >= 0.3 is 0 Å². The molecule has 0 unspecified atom stereocenters. The third-order valence-corrected chi connectivity index (χ3v) is 6.86. The van der Waals surface area contributed by atoms with Gasteiger partial charge in [0.1, 0.15) is 5.75 Å². The van der Waals surface area contributed by atoms with Gasteiger partial charge in [0.25, 0.3) is 5.91 Å². The zero-order chi connectivity index (χ0) is 21.2. The fourth-order valence-electron chi connectivity index (χ4n) is 3.00. The van der Waals surface area contributed by atoms with Gasteiger partial charge in [0.05, 0.1) is 4.90 Å². The van der Waals surface area contributed by atoms with E-state index in [1.54, 1.807) is 6.07 Å². The lowest BCUT2D eigenvalue weighted by molar-refractivity contribution is -0.134. The number of carbonyl (C=O) groups is 1. The normalized spacial score (nSPS) is 15.4. The van der Waals surface area contributed by atoms with Crippen molar-refractivity contribution in [2.75, 3.05) is 32.8 Å². The molecule has 0 aromatic heterocycles. The van der Waals surface area contributed by atoms with Crippen molar-refractivity contribution in [2.45, 2.75) is 18.7 Å². The van der Waals surface area contributed by atoms with E-state index in [2.05, 4.69) is 0 Å². The van der Waals surface area contributed by atoms with Crippen LogP contribution < -0.4 is 4.74 Å². The molecular weight excluding hydrogens is 402 g/mol. The first-order valence-corrected chi connectivity index (χ1v) is 10.6. The molecule has 0 spiro atoms. The van der Waals surface area contributed by atoms with E-state index in [0.717, 1.165) is 27.6 Å². The second-order valence-electron chi connectivity index (χ2n) is 6.90.